The molecule has 0 atom stereocenters. The minimum Gasteiger partial charge on any atom is -0.309 e. The normalized spacial score (nSPS) is 11.5. The van der Waals surface area contributed by atoms with Crippen molar-refractivity contribution in [2.24, 2.45) is 0 Å². The Hall–Kier alpha value is -3.41. The van der Waals surface area contributed by atoms with E-state index in [9.17, 15) is 0 Å². The van der Waals surface area contributed by atoms with E-state index >= 15 is 4.57 Å². The molecule has 0 fully saturated rings. The summed E-state index contributed by atoms with van der Waals surface area (Å²) in [7, 11) is -3.08. The van der Waals surface area contributed by atoms with E-state index in [-0.39, 0.29) is 0 Å². The van der Waals surface area contributed by atoms with Gasteiger partial charge < -0.3 is 4.57 Å². The van der Waals surface area contributed by atoms with Gasteiger partial charge in [-0.15, -0.1) is 0 Å². The average molecular weight is 418 g/mol. The Morgan fingerprint density at radius 3 is 1.77 bits per heavy atom. The van der Waals surface area contributed by atoms with Crippen molar-refractivity contribution < 1.29 is 4.57 Å². The van der Waals surface area contributed by atoms with Crippen LogP contribution in [0.5, 0.6) is 0 Å². The van der Waals surface area contributed by atoms with Gasteiger partial charge in [-0.25, -0.2) is 0 Å². The second-order valence-corrected chi connectivity index (χ2v) is 10.5. The summed E-state index contributed by atoms with van der Waals surface area (Å²) in [5.41, 5.74) is 3.37. The molecule has 150 valence electrons. The van der Waals surface area contributed by atoms with Crippen LogP contribution in [0.3, 0.4) is 0 Å². The molecule has 0 spiro atoms. The highest BCUT2D eigenvalue weighted by Gasteiger charge is 2.32. The Morgan fingerprint density at radius 1 is 0.548 bits per heavy atom. The van der Waals surface area contributed by atoms with Gasteiger partial charge in [-0.3, -0.25) is 0 Å². The van der Waals surface area contributed by atoms with Crippen molar-refractivity contribution in [3.05, 3.63) is 127 Å². The first-order valence-electron chi connectivity index (χ1n) is 10.5. The number of benzene rings is 5. The largest absolute Gasteiger partial charge is 0.309 e. The van der Waals surface area contributed by atoms with Gasteiger partial charge in [0.05, 0.1) is 0 Å². The van der Waals surface area contributed by atoms with E-state index in [2.05, 4.69) is 49.4 Å². The third-order valence-corrected chi connectivity index (χ3v) is 9.01. The highest BCUT2D eigenvalue weighted by Crippen LogP contribution is 2.46. The summed E-state index contributed by atoms with van der Waals surface area (Å²) in [6.07, 6.45) is 0. The van der Waals surface area contributed by atoms with Crippen LogP contribution >= 0.6 is 7.14 Å². The summed E-state index contributed by atoms with van der Waals surface area (Å²) < 4.78 is 15.1. The molecular weight excluding hydrogens is 395 g/mol. The van der Waals surface area contributed by atoms with Crippen LogP contribution in [0.15, 0.2) is 121 Å². The number of hydrogen-bond donors (Lipinski definition) is 0. The SMILES string of the molecule is Cc1ccc2ccccc2c1-c1ccccc1P(=O)(c1ccccc1)c1ccccc1. The lowest BCUT2D eigenvalue weighted by molar-refractivity contribution is 0.592. The van der Waals surface area contributed by atoms with Crippen molar-refractivity contribution in [2.75, 3.05) is 0 Å². The number of rotatable bonds is 4. The molecule has 0 N–H and O–H groups in total. The quantitative estimate of drug-likeness (QED) is 0.306. The molecule has 0 radical (unpaired) electrons. The number of hydrogen-bond acceptors (Lipinski definition) is 1. The molecular formula is C29H23OP. The van der Waals surface area contributed by atoms with E-state index in [0.717, 1.165) is 27.0 Å². The molecule has 0 aliphatic heterocycles. The fourth-order valence-corrected chi connectivity index (χ4v) is 7.26. The molecule has 0 aliphatic rings. The second-order valence-electron chi connectivity index (χ2n) is 7.78. The van der Waals surface area contributed by atoms with Crippen molar-refractivity contribution in [1.82, 2.24) is 0 Å². The summed E-state index contributed by atoms with van der Waals surface area (Å²) in [4.78, 5) is 0. The first-order chi connectivity index (χ1) is 15.2. The van der Waals surface area contributed by atoms with Crippen molar-refractivity contribution in [2.45, 2.75) is 6.92 Å². The van der Waals surface area contributed by atoms with Crippen LogP contribution in [0, 0.1) is 6.92 Å². The topological polar surface area (TPSA) is 17.1 Å². The van der Waals surface area contributed by atoms with Crippen LogP contribution in [0.25, 0.3) is 21.9 Å². The van der Waals surface area contributed by atoms with Crippen molar-refractivity contribution >= 4 is 33.8 Å². The van der Waals surface area contributed by atoms with Gasteiger partial charge in [-0.1, -0.05) is 121 Å². The van der Waals surface area contributed by atoms with Crippen LogP contribution in [0.1, 0.15) is 5.56 Å². The minimum atomic E-state index is -3.08. The predicted molar refractivity (Wildman–Crippen MR) is 134 cm³/mol. The summed E-state index contributed by atoms with van der Waals surface area (Å²) >= 11 is 0. The molecule has 5 aromatic rings. The van der Waals surface area contributed by atoms with Gasteiger partial charge in [0.2, 0.25) is 0 Å². The summed E-state index contributed by atoms with van der Waals surface area (Å²) in [6.45, 7) is 2.13. The molecule has 0 aliphatic carbocycles. The minimum absolute atomic E-state index is 0.853. The van der Waals surface area contributed by atoms with E-state index in [1.54, 1.807) is 0 Å². The first kappa shape index (κ1) is 19.5. The smallest absolute Gasteiger partial charge is 0.171 e. The van der Waals surface area contributed by atoms with E-state index in [0.29, 0.717) is 0 Å². The lowest BCUT2D eigenvalue weighted by atomic mass is 9.94. The zero-order chi connectivity index (χ0) is 21.3. The standard InChI is InChI=1S/C29H23OP/c1-22-20-21-23-12-8-9-17-26(23)29(22)27-18-10-11-19-28(27)31(30,24-13-4-2-5-14-24)25-15-6-3-7-16-25/h2-21H,1H3. The first-order valence-corrected chi connectivity index (χ1v) is 12.2. The van der Waals surface area contributed by atoms with Gasteiger partial charge in [0.1, 0.15) is 0 Å². The van der Waals surface area contributed by atoms with Crippen molar-refractivity contribution in [3.63, 3.8) is 0 Å². The lowest BCUT2D eigenvalue weighted by Gasteiger charge is -2.24. The zero-order valence-electron chi connectivity index (χ0n) is 17.4. The summed E-state index contributed by atoms with van der Waals surface area (Å²) in [6, 6.07) is 40.7. The van der Waals surface area contributed by atoms with Gasteiger partial charge in [0, 0.05) is 15.9 Å². The van der Waals surface area contributed by atoms with Crippen LogP contribution in [-0.4, -0.2) is 0 Å². The molecule has 0 aromatic heterocycles. The molecule has 0 bridgehead atoms. The zero-order valence-corrected chi connectivity index (χ0v) is 18.3. The third-order valence-electron chi connectivity index (χ3n) is 5.89. The maximum Gasteiger partial charge on any atom is 0.171 e. The Morgan fingerprint density at radius 2 is 1.10 bits per heavy atom. The summed E-state index contributed by atoms with van der Waals surface area (Å²) in [5, 5.41) is 4.96. The van der Waals surface area contributed by atoms with Crippen LogP contribution in [0.2, 0.25) is 0 Å². The highest BCUT2D eigenvalue weighted by atomic mass is 31.2. The molecule has 0 saturated carbocycles. The van der Waals surface area contributed by atoms with Gasteiger partial charge >= 0.3 is 0 Å². The Labute approximate surface area is 183 Å². The monoisotopic (exact) mass is 418 g/mol. The molecule has 1 nitrogen and oxygen atoms in total. The molecule has 0 unspecified atom stereocenters. The molecule has 0 saturated heterocycles. The number of aryl methyl sites for hydroxylation is 1. The van der Waals surface area contributed by atoms with Crippen LogP contribution in [-0.2, 0) is 4.57 Å². The highest BCUT2D eigenvalue weighted by molar-refractivity contribution is 7.85. The van der Waals surface area contributed by atoms with Crippen LogP contribution < -0.4 is 15.9 Å². The molecule has 0 heterocycles. The molecule has 0 amide bonds. The van der Waals surface area contributed by atoms with E-state index in [4.69, 9.17) is 0 Å². The molecule has 2 heteroatoms. The Balaban J connectivity index is 1.88. The van der Waals surface area contributed by atoms with E-state index < -0.39 is 7.14 Å². The van der Waals surface area contributed by atoms with E-state index in [1.165, 1.54) is 16.3 Å². The van der Waals surface area contributed by atoms with Crippen molar-refractivity contribution in [3.8, 4) is 11.1 Å². The lowest BCUT2D eigenvalue weighted by Crippen LogP contribution is -2.26. The molecule has 31 heavy (non-hydrogen) atoms. The van der Waals surface area contributed by atoms with Gasteiger partial charge in [-0.05, 0) is 34.4 Å². The summed E-state index contributed by atoms with van der Waals surface area (Å²) in [5.74, 6) is 0. The fraction of sp³-hybridized carbons (Fsp3) is 0.0345. The van der Waals surface area contributed by atoms with Crippen molar-refractivity contribution in [1.29, 1.82) is 0 Å². The fourth-order valence-electron chi connectivity index (χ4n) is 4.40. The van der Waals surface area contributed by atoms with Gasteiger partial charge in [0.25, 0.3) is 0 Å². The second kappa shape index (κ2) is 8.02. The molecule has 5 rings (SSSR count). The average Bonchev–Trinajstić information content (AvgIpc) is 2.85. The third kappa shape index (κ3) is 3.32. The Bertz CT molecular complexity index is 1360. The predicted octanol–water partition coefficient (Wildman–Crippen LogP) is 6.45. The maximum absolute atomic E-state index is 15.1. The Kier molecular flexibility index (Phi) is 5.06. The van der Waals surface area contributed by atoms with Gasteiger partial charge in [0.15, 0.2) is 7.14 Å². The van der Waals surface area contributed by atoms with E-state index in [1.807, 2.05) is 78.9 Å². The van der Waals surface area contributed by atoms with Crippen LogP contribution in [0.4, 0.5) is 0 Å². The maximum atomic E-state index is 15.1. The van der Waals surface area contributed by atoms with Gasteiger partial charge in [-0.2, -0.15) is 0 Å². The number of fused-ring (bicyclic) bond motifs is 1. The molecule has 5 aromatic carbocycles.